The molecule has 0 atom stereocenters. The summed E-state index contributed by atoms with van der Waals surface area (Å²) in [5, 5.41) is 0.637. The highest BCUT2D eigenvalue weighted by Gasteiger charge is 2.27. The molecule has 2 rings (SSSR count). The minimum Gasteiger partial charge on any atom is -0.281 e. The molecule has 70 valence electrons. The van der Waals surface area contributed by atoms with Crippen LogP contribution in [0.1, 0.15) is 12.8 Å². The molecule has 0 aromatic heterocycles. The molecule has 1 aromatic rings. The number of benzene rings is 1. The Hall–Kier alpha value is -0.530. The molecule has 1 aromatic carbocycles. The predicted molar refractivity (Wildman–Crippen MR) is 55.0 cm³/mol. The summed E-state index contributed by atoms with van der Waals surface area (Å²) >= 11 is 10.6. The van der Waals surface area contributed by atoms with Crippen LogP contribution in [0.4, 0.5) is 0 Å². The van der Waals surface area contributed by atoms with Gasteiger partial charge in [-0.3, -0.25) is 4.79 Å². The Kier molecular flexibility index (Phi) is 4.26. The average molecular weight is 217 g/mol. The van der Waals surface area contributed by atoms with E-state index in [4.69, 9.17) is 23.2 Å². The van der Waals surface area contributed by atoms with Gasteiger partial charge < -0.3 is 0 Å². The summed E-state index contributed by atoms with van der Waals surface area (Å²) in [6.07, 6.45) is 2.03. The number of rotatable bonds is 1. The van der Waals surface area contributed by atoms with Gasteiger partial charge in [0.25, 0.3) is 0 Å². The monoisotopic (exact) mass is 216 g/mol. The Morgan fingerprint density at radius 3 is 1.92 bits per heavy atom. The third-order valence-corrected chi connectivity index (χ3v) is 2.19. The second-order valence-corrected chi connectivity index (χ2v) is 3.68. The van der Waals surface area contributed by atoms with Crippen molar-refractivity contribution in [2.24, 2.45) is 5.92 Å². The van der Waals surface area contributed by atoms with E-state index in [0.717, 1.165) is 17.9 Å². The molecule has 1 aliphatic carbocycles. The molecule has 13 heavy (non-hydrogen) atoms. The number of carbonyl (C=O) groups excluding carboxylic acids is 1. The molecule has 0 amide bonds. The van der Waals surface area contributed by atoms with Crippen molar-refractivity contribution < 1.29 is 4.79 Å². The highest BCUT2D eigenvalue weighted by molar-refractivity contribution is 6.64. The third-order valence-electron chi connectivity index (χ3n) is 1.63. The van der Waals surface area contributed by atoms with Crippen LogP contribution in [-0.4, -0.2) is 5.24 Å². The van der Waals surface area contributed by atoms with Gasteiger partial charge in [-0.05, 0) is 36.6 Å². The molecule has 0 aliphatic heterocycles. The van der Waals surface area contributed by atoms with Crippen LogP contribution < -0.4 is 0 Å². The van der Waals surface area contributed by atoms with Crippen LogP contribution in [0.3, 0.4) is 0 Å². The van der Waals surface area contributed by atoms with Gasteiger partial charge in [0.05, 0.1) is 0 Å². The fraction of sp³-hybridized carbons (Fsp3) is 0.300. The van der Waals surface area contributed by atoms with E-state index in [1.165, 1.54) is 0 Å². The summed E-state index contributed by atoms with van der Waals surface area (Å²) in [5.74, 6) is 0.228. The quantitative estimate of drug-likeness (QED) is 0.658. The van der Waals surface area contributed by atoms with Gasteiger partial charge in [0, 0.05) is 10.9 Å². The van der Waals surface area contributed by atoms with Crippen molar-refractivity contribution in [3.8, 4) is 0 Å². The molecule has 1 fully saturated rings. The highest BCUT2D eigenvalue weighted by Crippen LogP contribution is 2.30. The minimum atomic E-state index is -0.157. The van der Waals surface area contributed by atoms with Crippen molar-refractivity contribution in [2.45, 2.75) is 12.8 Å². The first kappa shape index (κ1) is 10.6. The van der Waals surface area contributed by atoms with E-state index < -0.39 is 0 Å². The molecule has 0 bridgehead atoms. The van der Waals surface area contributed by atoms with Crippen molar-refractivity contribution in [3.05, 3.63) is 35.4 Å². The van der Waals surface area contributed by atoms with Gasteiger partial charge in [-0.15, -0.1) is 0 Å². The first-order valence-corrected chi connectivity index (χ1v) is 4.85. The van der Waals surface area contributed by atoms with Crippen LogP contribution in [0.2, 0.25) is 5.02 Å². The summed E-state index contributed by atoms with van der Waals surface area (Å²) in [4.78, 5) is 9.97. The Morgan fingerprint density at radius 2 is 1.77 bits per heavy atom. The molecule has 0 saturated heterocycles. The van der Waals surface area contributed by atoms with Crippen molar-refractivity contribution >= 4 is 28.4 Å². The van der Waals surface area contributed by atoms with Gasteiger partial charge in [-0.25, -0.2) is 0 Å². The van der Waals surface area contributed by atoms with Crippen LogP contribution in [-0.2, 0) is 4.79 Å². The first-order valence-electron chi connectivity index (χ1n) is 4.10. The zero-order valence-electron chi connectivity index (χ0n) is 7.04. The van der Waals surface area contributed by atoms with E-state index >= 15 is 0 Å². The van der Waals surface area contributed by atoms with E-state index in [-0.39, 0.29) is 11.2 Å². The first-order chi connectivity index (χ1) is 6.20. The fourth-order valence-electron chi connectivity index (χ4n) is 0.725. The summed E-state index contributed by atoms with van der Waals surface area (Å²) in [5.41, 5.74) is 0. The van der Waals surface area contributed by atoms with Crippen LogP contribution in [0.25, 0.3) is 0 Å². The average Bonchev–Trinajstić information content (AvgIpc) is 2.88. The second-order valence-electron chi connectivity index (χ2n) is 2.87. The summed E-state index contributed by atoms with van der Waals surface area (Å²) in [7, 11) is 0. The predicted octanol–water partition coefficient (Wildman–Crippen LogP) is 3.50. The Morgan fingerprint density at radius 1 is 1.23 bits per heavy atom. The molecule has 1 nitrogen and oxygen atoms in total. The van der Waals surface area contributed by atoms with Gasteiger partial charge in [-0.1, -0.05) is 29.8 Å². The lowest BCUT2D eigenvalue weighted by Crippen LogP contribution is -1.83. The molecular formula is C10H10Cl2O. The number of carbonyl (C=O) groups is 1. The van der Waals surface area contributed by atoms with Crippen LogP contribution in [0.5, 0.6) is 0 Å². The zero-order chi connectivity index (χ0) is 9.68. The molecule has 0 radical (unpaired) electrons. The molecule has 0 heterocycles. The van der Waals surface area contributed by atoms with Gasteiger partial charge in [0.1, 0.15) is 0 Å². The SMILES string of the molecule is Clc1ccccc1.O=C(Cl)C1CC1. The van der Waals surface area contributed by atoms with E-state index in [2.05, 4.69) is 0 Å². The van der Waals surface area contributed by atoms with E-state index in [0.29, 0.717) is 0 Å². The lowest BCUT2D eigenvalue weighted by molar-refractivity contribution is -0.112. The van der Waals surface area contributed by atoms with E-state index in [1.807, 2.05) is 30.3 Å². The maximum absolute atomic E-state index is 9.97. The summed E-state index contributed by atoms with van der Waals surface area (Å²) in [6, 6.07) is 9.44. The molecular weight excluding hydrogens is 207 g/mol. The Balaban J connectivity index is 0.000000132. The van der Waals surface area contributed by atoms with Gasteiger partial charge in [0.15, 0.2) is 0 Å². The van der Waals surface area contributed by atoms with Crippen molar-refractivity contribution in [2.75, 3.05) is 0 Å². The standard InChI is InChI=1S/C6H5Cl.C4H5ClO/c7-6-4-2-1-3-5-6;5-4(6)3-1-2-3/h1-5H;3H,1-2H2. The number of hydrogen-bond acceptors (Lipinski definition) is 1. The smallest absolute Gasteiger partial charge is 0.224 e. The lowest BCUT2D eigenvalue weighted by atomic mass is 10.4. The van der Waals surface area contributed by atoms with Crippen molar-refractivity contribution in [3.63, 3.8) is 0 Å². The maximum Gasteiger partial charge on any atom is 0.224 e. The van der Waals surface area contributed by atoms with Crippen LogP contribution in [0, 0.1) is 5.92 Å². The normalized spacial score (nSPS) is 14.3. The van der Waals surface area contributed by atoms with Gasteiger partial charge >= 0.3 is 0 Å². The maximum atomic E-state index is 9.97. The molecule has 1 saturated carbocycles. The molecule has 0 N–H and O–H groups in total. The Bertz CT molecular complexity index is 268. The second kappa shape index (κ2) is 5.25. The van der Waals surface area contributed by atoms with E-state index in [1.54, 1.807) is 0 Å². The zero-order valence-corrected chi connectivity index (χ0v) is 8.55. The topological polar surface area (TPSA) is 17.1 Å². The van der Waals surface area contributed by atoms with Crippen LogP contribution in [0.15, 0.2) is 30.3 Å². The molecule has 0 unspecified atom stereocenters. The molecule has 0 spiro atoms. The van der Waals surface area contributed by atoms with Gasteiger partial charge in [-0.2, -0.15) is 0 Å². The lowest BCUT2D eigenvalue weighted by Gasteiger charge is -1.80. The van der Waals surface area contributed by atoms with Crippen molar-refractivity contribution in [1.82, 2.24) is 0 Å². The van der Waals surface area contributed by atoms with Crippen molar-refractivity contribution in [1.29, 1.82) is 0 Å². The minimum absolute atomic E-state index is 0.157. The number of hydrogen-bond donors (Lipinski definition) is 0. The van der Waals surface area contributed by atoms with E-state index in [9.17, 15) is 4.79 Å². The Labute approximate surface area is 87.7 Å². The summed E-state index contributed by atoms with van der Waals surface area (Å²) in [6.45, 7) is 0. The molecule has 1 aliphatic rings. The molecule has 3 heteroatoms. The largest absolute Gasteiger partial charge is 0.281 e. The number of halogens is 2. The van der Waals surface area contributed by atoms with Gasteiger partial charge in [0.2, 0.25) is 5.24 Å². The fourth-order valence-corrected chi connectivity index (χ4v) is 1.09. The third kappa shape index (κ3) is 4.91. The highest BCUT2D eigenvalue weighted by atomic mass is 35.5. The summed E-state index contributed by atoms with van der Waals surface area (Å²) < 4.78 is 0. The van der Waals surface area contributed by atoms with Crippen LogP contribution >= 0.6 is 23.2 Å².